The Balaban J connectivity index is 2.11. The Hall–Kier alpha value is -0.610. The fourth-order valence-corrected chi connectivity index (χ4v) is 3.00. The minimum absolute atomic E-state index is 0.306. The molecule has 1 saturated heterocycles. The maximum Gasteiger partial charge on any atom is 0.0471 e. The molecule has 1 aromatic carbocycles. The highest BCUT2D eigenvalue weighted by Crippen LogP contribution is 2.24. The Morgan fingerprint density at radius 3 is 2.58 bits per heavy atom. The number of halogens is 1. The predicted octanol–water partition coefficient (Wildman–Crippen LogP) is 2.37. The smallest absolute Gasteiger partial charge is 0.0471 e. The third kappa shape index (κ3) is 3.48. The van der Waals surface area contributed by atoms with Crippen LogP contribution in [0.2, 0.25) is 5.02 Å². The van der Waals surface area contributed by atoms with Gasteiger partial charge in [-0.25, -0.2) is 0 Å². The van der Waals surface area contributed by atoms with Gasteiger partial charge >= 0.3 is 0 Å². The second-order valence-electron chi connectivity index (χ2n) is 5.34. The summed E-state index contributed by atoms with van der Waals surface area (Å²) in [5.74, 6) is 0. The van der Waals surface area contributed by atoms with Crippen LogP contribution < -0.4 is 5.73 Å². The summed E-state index contributed by atoms with van der Waals surface area (Å²) in [7, 11) is 2.21. The van der Waals surface area contributed by atoms with Crippen LogP contribution in [-0.4, -0.2) is 49.1 Å². The van der Waals surface area contributed by atoms with Crippen LogP contribution >= 0.6 is 11.6 Å². The van der Waals surface area contributed by atoms with E-state index in [1.165, 1.54) is 12.0 Å². The van der Waals surface area contributed by atoms with Gasteiger partial charge in [-0.15, -0.1) is 0 Å². The monoisotopic (exact) mass is 281 g/mol. The first-order valence-electron chi connectivity index (χ1n) is 7.05. The van der Waals surface area contributed by atoms with Gasteiger partial charge in [0.2, 0.25) is 0 Å². The SMILES string of the molecule is CCC1CN(C(CN)c2ccc(Cl)cc2)CCN1C. The number of piperazine rings is 1. The van der Waals surface area contributed by atoms with Gasteiger partial charge in [0.15, 0.2) is 0 Å². The van der Waals surface area contributed by atoms with Gasteiger partial charge in [0.25, 0.3) is 0 Å². The summed E-state index contributed by atoms with van der Waals surface area (Å²) < 4.78 is 0. The molecular formula is C15H24ClN3. The third-order valence-electron chi connectivity index (χ3n) is 4.20. The Morgan fingerprint density at radius 2 is 2.00 bits per heavy atom. The van der Waals surface area contributed by atoms with Gasteiger partial charge in [0.05, 0.1) is 0 Å². The molecular weight excluding hydrogens is 258 g/mol. The molecule has 4 heteroatoms. The van der Waals surface area contributed by atoms with Crippen LogP contribution in [0.4, 0.5) is 0 Å². The Morgan fingerprint density at radius 1 is 1.32 bits per heavy atom. The summed E-state index contributed by atoms with van der Waals surface area (Å²) in [4.78, 5) is 4.96. The van der Waals surface area contributed by atoms with Gasteiger partial charge in [-0.1, -0.05) is 30.7 Å². The van der Waals surface area contributed by atoms with Crippen LogP contribution in [0.25, 0.3) is 0 Å². The lowest BCUT2D eigenvalue weighted by molar-refractivity contribution is 0.0644. The van der Waals surface area contributed by atoms with E-state index in [1.807, 2.05) is 12.1 Å². The average molecular weight is 282 g/mol. The standard InChI is InChI=1S/C15H24ClN3/c1-3-14-11-19(9-8-18(14)2)15(10-17)12-4-6-13(16)7-5-12/h4-7,14-15H,3,8-11,17H2,1-2H3. The van der Waals surface area contributed by atoms with Crippen LogP contribution in [0.15, 0.2) is 24.3 Å². The zero-order valence-electron chi connectivity index (χ0n) is 11.8. The van der Waals surface area contributed by atoms with Crippen molar-refractivity contribution in [1.29, 1.82) is 0 Å². The molecule has 1 fully saturated rings. The highest BCUT2D eigenvalue weighted by atomic mass is 35.5. The van der Waals surface area contributed by atoms with Crippen molar-refractivity contribution >= 4 is 11.6 Å². The first-order chi connectivity index (χ1) is 9.15. The molecule has 0 saturated carbocycles. The van der Waals surface area contributed by atoms with E-state index < -0.39 is 0 Å². The van der Waals surface area contributed by atoms with Crippen molar-refractivity contribution in [2.75, 3.05) is 33.2 Å². The van der Waals surface area contributed by atoms with Crippen LogP contribution in [-0.2, 0) is 0 Å². The Labute approximate surface area is 121 Å². The van der Waals surface area contributed by atoms with Crippen LogP contribution in [0, 0.1) is 0 Å². The normalized spacial score (nSPS) is 23.5. The van der Waals surface area contributed by atoms with E-state index in [-0.39, 0.29) is 0 Å². The maximum atomic E-state index is 6.01. The molecule has 2 rings (SSSR count). The second-order valence-corrected chi connectivity index (χ2v) is 5.78. The van der Waals surface area contributed by atoms with E-state index in [2.05, 4.69) is 35.9 Å². The van der Waals surface area contributed by atoms with Crippen LogP contribution in [0.1, 0.15) is 24.9 Å². The minimum atomic E-state index is 0.306. The van der Waals surface area contributed by atoms with Gasteiger partial charge < -0.3 is 10.6 Å². The van der Waals surface area contributed by atoms with Crippen LogP contribution in [0.5, 0.6) is 0 Å². The molecule has 2 N–H and O–H groups in total. The molecule has 0 aromatic heterocycles. The van der Waals surface area contributed by atoms with Gasteiger partial charge in [-0.05, 0) is 31.2 Å². The Bertz CT molecular complexity index is 393. The quantitative estimate of drug-likeness (QED) is 0.920. The molecule has 0 amide bonds. The molecule has 0 bridgehead atoms. The summed E-state index contributed by atoms with van der Waals surface area (Å²) >= 11 is 5.96. The second kappa shape index (κ2) is 6.71. The van der Waals surface area contributed by atoms with Crippen molar-refractivity contribution in [3.05, 3.63) is 34.9 Å². The number of nitrogens with zero attached hydrogens (tertiary/aromatic N) is 2. The molecule has 1 aliphatic heterocycles. The molecule has 2 atom stereocenters. The summed E-state index contributed by atoms with van der Waals surface area (Å²) in [6.07, 6.45) is 1.19. The molecule has 0 aliphatic carbocycles. The zero-order valence-corrected chi connectivity index (χ0v) is 12.6. The fourth-order valence-electron chi connectivity index (χ4n) is 2.87. The van der Waals surface area contributed by atoms with E-state index in [0.29, 0.717) is 18.6 Å². The molecule has 0 radical (unpaired) electrons. The van der Waals surface area contributed by atoms with Crippen molar-refractivity contribution in [3.63, 3.8) is 0 Å². The molecule has 106 valence electrons. The molecule has 1 aliphatic rings. The van der Waals surface area contributed by atoms with Crippen LogP contribution in [0.3, 0.4) is 0 Å². The molecule has 0 spiro atoms. The van der Waals surface area contributed by atoms with Gasteiger partial charge in [0.1, 0.15) is 0 Å². The third-order valence-corrected chi connectivity index (χ3v) is 4.45. The topological polar surface area (TPSA) is 32.5 Å². The zero-order chi connectivity index (χ0) is 13.8. The van der Waals surface area contributed by atoms with E-state index in [9.17, 15) is 0 Å². The predicted molar refractivity (Wildman–Crippen MR) is 81.5 cm³/mol. The lowest BCUT2D eigenvalue weighted by atomic mass is 10.0. The molecule has 1 aromatic rings. The van der Waals surface area contributed by atoms with Gasteiger partial charge in [0, 0.05) is 43.3 Å². The first-order valence-corrected chi connectivity index (χ1v) is 7.43. The average Bonchev–Trinajstić information content (AvgIpc) is 2.43. The number of hydrogen-bond acceptors (Lipinski definition) is 3. The molecule has 3 nitrogen and oxygen atoms in total. The highest BCUT2D eigenvalue weighted by Gasteiger charge is 2.27. The van der Waals surface area contributed by atoms with Crippen molar-refractivity contribution in [2.45, 2.75) is 25.4 Å². The molecule has 19 heavy (non-hydrogen) atoms. The first kappa shape index (κ1) is 14.8. The minimum Gasteiger partial charge on any atom is -0.329 e. The number of hydrogen-bond donors (Lipinski definition) is 1. The largest absolute Gasteiger partial charge is 0.329 e. The Kier molecular flexibility index (Phi) is 5.22. The summed E-state index contributed by atoms with van der Waals surface area (Å²) in [6.45, 7) is 6.20. The summed E-state index contributed by atoms with van der Waals surface area (Å²) in [5, 5.41) is 0.782. The number of benzene rings is 1. The van der Waals surface area contributed by atoms with Gasteiger partial charge in [-0.3, -0.25) is 4.90 Å². The van der Waals surface area contributed by atoms with Crippen molar-refractivity contribution in [2.24, 2.45) is 5.73 Å². The lowest BCUT2D eigenvalue weighted by Gasteiger charge is -2.42. The maximum absolute atomic E-state index is 6.01. The van der Waals surface area contributed by atoms with E-state index in [1.54, 1.807) is 0 Å². The van der Waals surface area contributed by atoms with E-state index in [4.69, 9.17) is 17.3 Å². The highest BCUT2D eigenvalue weighted by molar-refractivity contribution is 6.30. The fraction of sp³-hybridized carbons (Fsp3) is 0.600. The van der Waals surface area contributed by atoms with E-state index in [0.717, 1.165) is 24.7 Å². The van der Waals surface area contributed by atoms with Crippen molar-refractivity contribution in [3.8, 4) is 0 Å². The van der Waals surface area contributed by atoms with Gasteiger partial charge in [-0.2, -0.15) is 0 Å². The number of nitrogens with two attached hydrogens (primary N) is 1. The summed E-state index contributed by atoms with van der Waals surface area (Å²) in [5.41, 5.74) is 7.28. The number of likely N-dealkylation sites (N-methyl/N-ethyl adjacent to an activating group) is 1. The summed E-state index contributed by atoms with van der Waals surface area (Å²) in [6, 6.07) is 9.04. The number of rotatable bonds is 4. The van der Waals surface area contributed by atoms with E-state index >= 15 is 0 Å². The molecule has 2 unspecified atom stereocenters. The van der Waals surface area contributed by atoms with Crippen molar-refractivity contribution in [1.82, 2.24) is 9.80 Å². The van der Waals surface area contributed by atoms with Crippen molar-refractivity contribution < 1.29 is 0 Å². The lowest BCUT2D eigenvalue weighted by Crippen LogP contribution is -2.53. The molecule has 1 heterocycles.